The first-order valence-electron chi connectivity index (χ1n) is 3.37. The maximum atomic E-state index is 5.34. The number of ether oxygens (including phenoxy) is 1. The summed E-state index contributed by atoms with van der Waals surface area (Å²) in [6.45, 7) is 0.614. The molecule has 0 aliphatic carbocycles. The van der Waals surface area contributed by atoms with E-state index in [1.165, 1.54) is 5.56 Å². The van der Waals surface area contributed by atoms with Crippen LogP contribution in [0.3, 0.4) is 0 Å². The number of hydrogen-bond acceptors (Lipinski definition) is 3. The fraction of sp³-hybridized carbons (Fsp3) is 0.250. The molecule has 0 saturated carbocycles. The Balaban J connectivity index is 2.56. The van der Waals surface area contributed by atoms with Crippen LogP contribution in [0.2, 0.25) is 0 Å². The van der Waals surface area contributed by atoms with Crippen LogP contribution < -0.4 is 0 Å². The molecule has 1 aromatic rings. The van der Waals surface area contributed by atoms with Crippen molar-refractivity contribution in [2.75, 3.05) is 0 Å². The van der Waals surface area contributed by atoms with Crippen LogP contribution >= 0.6 is 25.3 Å². The van der Waals surface area contributed by atoms with Gasteiger partial charge in [-0.3, -0.25) is 0 Å². The van der Waals surface area contributed by atoms with E-state index in [4.69, 9.17) is 4.74 Å². The largest absolute Gasteiger partial charge is 0.346 e. The van der Waals surface area contributed by atoms with Crippen molar-refractivity contribution in [1.29, 1.82) is 0 Å². The molecular weight excluding hydrogens is 176 g/mol. The molecule has 1 heterocycles. The molecular formula is C8H8OS2. The lowest BCUT2D eigenvalue weighted by Gasteiger charge is -2.15. The summed E-state index contributed by atoms with van der Waals surface area (Å²) < 4.78 is 4.66. The van der Waals surface area contributed by atoms with E-state index < -0.39 is 4.27 Å². The van der Waals surface area contributed by atoms with E-state index in [-0.39, 0.29) is 0 Å². The van der Waals surface area contributed by atoms with E-state index >= 15 is 0 Å². The molecule has 0 aromatic heterocycles. The van der Waals surface area contributed by atoms with Gasteiger partial charge >= 0.3 is 0 Å². The monoisotopic (exact) mass is 184 g/mol. The lowest BCUT2D eigenvalue weighted by Crippen LogP contribution is -2.06. The molecule has 3 heteroatoms. The van der Waals surface area contributed by atoms with Crippen LogP contribution in [0, 0.1) is 0 Å². The van der Waals surface area contributed by atoms with Crippen molar-refractivity contribution < 1.29 is 4.74 Å². The Hall–Kier alpha value is -0.120. The highest BCUT2D eigenvalue weighted by molar-refractivity contribution is 7.99. The molecule has 0 unspecified atom stereocenters. The highest BCUT2D eigenvalue weighted by Gasteiger charge is 2.32. The number of fused-ring (bicyclic) bond motifs is 1. The number of hydrogen-bond donors (Lipinski definition) is 2. The Morgan fingerprint density at radius 3 is 2.73 bits per heavy atom. The van der Waals surface area contributed by atoms with E-state index in [0.29, 0.717) is 6.61 Å². The van der Waals surface area contributed by atoms with E-state index in [1.807, 2.05) is 24.3 Å². The molecule has 0 amide bonds. The van der Waals surface area contributed by atoms with Gasteiger partial charge in [-0.05, 0) is 5.56 Å². The second-order valence-electron chi connectivity index (χ2n) is 2.55. The lowest BCUT2D eigenvalue weighted by atomic mass is 10.1. The SMILES string of the molecule is SC1(S)OCc2ccccc21. The van der Waals surface area contributed by atoms with E-state index in [0.717, 1.165) is 5.56 Å². The zero-order valence-corrected chi connectivity index (χ0v) is 7.61. The maximum absolute atomic E-state index is 5.34. The van der Waals surface area contributed by atoms with Crippen molar-refractivity contribution in [3.63, 3.8) is 0 Å². The Labute approximate surface area is 76.6 Å². The maximum Gasteiger partial charge on any atom is 0.181 e. The predicted molar refractivity (Wildman–Crippen MR) is 50.9 cm³/mol. The first-order valence-corrected chi connectivity index (χ1v) is 4.27. The first kappa shape index (κ1) is 7.53. The average Bonchev–Trinajstić information content (AvgIpc) is 2.29. The molecule has 0 N–H and O–H groups in total. The molecule has 1 aliphatic heterocycles. The normalized spacial score (nSPS) is 19.8. The van der Waals surface area contributed by atoms with Crippen LogP contribution in [0.4, 0.5) is 0 Å². The molecule has 58 valence electrons. The van der Waals surface area contributed by atoms with Gasteiger partial charge in [0.25, 0.3) is 0 Å². The lowest BCUT2D eigenvalue weighted by molar-refractivity contribution is 0.105. The van der Waals surface area contributed by atoms with Crippen molar-refractivity contribution in [3.8, 4) is 0 Å². The molecule has 0 atom stereocenters. The summed E-state index contributed by atoms with van der Waals surface area (Å²) in [4.78, 5) is 0. The summed E-state index contributed by atoms with van der Waals surface area (Å²) in [5.41, 5.74) is 2.24. The smallest absolute Gasteiger partial charge is 0.181 e. The molecule has 0 spiro atoms. The zero-order valence-electron chi connectivity index (χ0n) is 5.82. The van der Waals surface area contributed by atoms with Gasteiger partial charge in [-0.15, -0.1) is 25.3 Å². The summed E-state index contributed by atoms with van der Waals surface area (Å²) >= 11 is 8.54. The molecule has 11 heavy (non-hydrogen) atoms. The summed E-state index contributed by atoms with van der Waals surface area (Å²) in [7, 11) is 0. The molecule has 1 nitrogen and oxygen atoms in total. The Bertz CT molecular complexity index is 283. The molecule has 1 aliphatic rings. The molecule has 0 fully saturated rings. The molecule has 0 saturated heterocycles. The van der Waals surface area contributed by atoms with Crippen molar-refractivity contribution >= 4 is 25.3 Å². The van der Waals surface area contributed by atoms with Gasteiger partial charge in [0.1, 0.15) is 0 Å². The Morgan fingerprint density at radius 1 is 1.27 bits per heavy atom. The quantitative estimate of drug-likeness (QED) is 0.464. The van der Waals surface area contributed by atoms with Crippen molar-refractivity contribution in [2.45, 2.75) is 10.9 Å². The summed E-state index contributed by atoms with van der Waals surface area (Å²) in [6.07, 6.45) is 0. The van der Waals surface area contributed by atoms with Gasteiger partial charge in [-0.2, -0.15) is 0 Å². The van der Waals surface area contributed by atoms with E-state index in [1.54, 1.807) is 0 Å². The van der Waals surface area contributed by atoms with Gasteiger partial charge < -0.3 is 4.74 Å². The fourth-order valence-corrected chi connectivity index (χ4v) is 1.79. The van der Waals surface area contributed by atoms with Crippen LogP contribution in [0.15, 0.2) is 24.3 Å². The van der Waals surface area contributed by atoms with Gasteiger partial charge in [0.05, 0.1) is 6.61 Å². The van der Waals surface area contributed by atoms with Crippen molar-refractivity contribution in [3.05, 3.63) is 35.4 Å². The summed E-state index contributed by atoms with van der Waals surface area (Å²) in [5.74, 6) is 0. The fourth-order valence-electron chi connectivity index (χ4n) is 1.22. The second-order valence-corrected chi connectivity index (χ2v) is 4.17. The standard InChI is InChI=1S/C8H8OS2/c10-8(11)7-4-2-1-3-6(7)5-9-8/h1-4,10-11H,5H2. The second kappa shape index (κ2) is 2.44. The van der Waals surface area contributed by atoms with Gasteiger partial charge in [-0.1, -0.05) is 24.3 Å². The third-order valence-electron chi connectivity index (χ3n) is 1.80. The number of benzene rings is 1. The predicted octanol–water partition coefficient (Wildman–Crippen LogP) is 2.19. The van der Waals surface area contributed by atoms with Gasteiger partial charge in [-0.25, -0.2) is 0 Å². The molecule has 0 bridgehead atoms. The van der Waals surface area contributed by atoms with Gasteiger partial charge in [0, 0.05) is 5.56 Å². The summed E-state index contributed by atoms with van der Waals surface area (Å²) in [5, 5.41) is 0. The third-order valence-corrected chi connectivity index (χ3v) is 2.54. The minimum atomic E-state index is -0.684. The van der Waals surface area contributed by atoms with Gasteiger partial charge in [0.15, 0.2) is 4.27 Å². The average molecular weight is 184 g/mol. The highest BCUT2D eigenvalue weighted by atomic mass is 32.2. The van der Waals surface area contributed by atoms with Crippen molar-refractivity contribution in [1.82, 2.24) is 0 Å². The number of rotatable bonds is 0. The third kappa shape index (κ3) is 1.17. The zero-order chi connectivity index (χ0) is 7.90. The summed E-state index contributed by atoms with van der Waals surface area (Å²) in [6, 6.07) is 7.98. The minimum Gasteiger partial charge on any atom is -0.346 e. The van der Waals surface area contributed by atoms with Crippen LogP contribution in [0.5, 0.6) is 0 Å². The van der Waals surface area contributed by atoms with Crippen LogP contribution in [-0.4, -0.2) is 0 Å². The van der Waals surface area contributed by atoms with Gasteiger partial charge in [0.2, 0.25) is 0 Å². The number of thiol groups is 2. The van der Waals surface area contributed by atoms with Crippen molar-refractivity contribution in [2.24, 2.45) is 0 Å². The molecule has 1 aromatic carbocycles. The Morgan fingerprint density at radius 2 is 2.00 bits per heavy atom. The molecule has 2 rings (SSSR count). The first-order chi connectivity index (χ1) is 5.20. The molecule has 0 radical (unpaired) electrons. The van der Waals surface area contributed by atoms with Crippen LogP contribution in [0.25, 0.3) is 0 Å². The Kier molecular flexibility index (Phi) is 1.67. The van der Waals surface area contributed by atoms with E-state index in [9.17, 15) is 0 Å². The topological polar surface area (TPSA) is 9.23 Å². The van der Waals surface area contributed by atoms with E-state index in [2.05, 4.69) is 25.3 Å². The van der Waals surface area contributed by atoms with Crippen LogP contribution in [-0.2, 0) is 15.6 Å². The highest BCUT2D eigenvalue weighted by Crippen LogP contribution is 2.42. The van der Waals surface area contributed by atoms with Crippen LogP contribution in [0.1, 0.15) is 11.1 Å². The minimum absolute atomic E-state index is 0.614.